The van der Waals surface area contributed by atoms with Crippen molar-refractivity contribution in [1.82, 2.24) is 4.90 Å². The molecule has 1 aromatic heterocycles. The third kappa shape index (κ3) is 3.61. The van der Waals surface area contributed by atoms with Gasteiger partial charge in [0.1, 0.15) is 0 Å². The van der Waals surface area contributed by atoms with Crippen LogP contribution in [0.5, 0.6) is 0 Å². The van der Waals surface area contributed by atoms with Crippen LogP contribution in [0, 0.1) is 0 Å². The topological polar surface area (TPSA) is 32.3 Å². The number of carbonyl (C=O) groups is 1. The average Bonchev–Trinajstić information content (AvgIpc) is 3.00. The molecule has 1 aromatic carbocycles. The number of anilines is 1. The minimum atomic E-state index is 0.0924. The normalized spacial score (nSPS) is 10.3. The second-order valence-corrected chi connectivity index (χ2v) is 5.52. The summed E-state index contributed by atoms with van der Waals surface area (Å²) in [4.78, 5) is 15.4. The molecule has 0 aliphatic rings. The van der Waals surface area contributed by atoms with Gasteiger partial charge in [0.25, 0.3) is 5.91 Å². The fourth-order valence-corrected chi connectivity index (χ4v) is 2.70. The molecule has 0 saturated heterocycles. The second-order valence-electron chi connectivity index (χ2n) is 4.49. The molecule has 1 amide bonds. The van der Waals surface area contributed by atoms with Gasteiger partial charge < -0.3 is 10.2 Å². The highest BCUT2D eigenvalue weighted by Gasteiger charge is 2.12. The highest BCUT2D eigenvalue weighted by atomic mass is 32.1. The Bertz CT molecular complexity index is 547. The highest BCUT2D eigenvalue weighted by molar-refractivity contribution is 7.09. The van der Waals surface area contributed by atoms with Gasteiger partial charge in [-0.05, 0) is 43.5 Å². The summed E-state index contributed by atoms with van der Waals surface area (Å²) >= 11 is 1.73. The number of nitrogens with one attached hydrogen (secondary N) is 1. The Morgan fingerprint density at radius 2 is 2.00 bits per heavy atom. The predicted octanol–water partition coefficient (Wildman–Crippen LogP) is 3.84. The smallest absolute Gasteiger partial charge is 0.253 e. The quantitative estimate of drug-likeness (QED) is 0.876. The summed E-state index contributed by atoms with van der Waals surface area (Å²) in [6.07, 6.45) is 0. The number of hydrogen-bond donors (Lipinski definition) is 1. The molecule has 0 saturated carbocycles. The van der Waals surface area contributed by atoms with E-state index in [1.165, 1.54) is 4.88 Å². The minimum Gasteiger partial charge on any atom is -0.380 e. The fourth-order valence-electron chi connectivity index (χ4n) is 2.06. The van der Waals surface area contributed by atoms with Crippen LogP contribution in [0.4, 0.5) is 5.69 Å². The van der Waals surface area contributed by atoms with Crippen molar-refractivity contribution in [3.63, 3.8) is 0 Å². The summed E-state index contributed by atoms with van der Waals surface area (Å²) in [5.74, 6) is 0.0924. The molecule has 0 unspecified atom stereocenters. The molecule has 0 atom stereocenters. The fraction of sp³-hybridized carbons (Fsp3) is 0.312. The molecular weight excluding hydrogens is 268 g/mol. The second kappa shape index (κ2) is 7.10. The van der Waals surface area contributed by atoms with Crippen molar-refractivity contribution in [1.29, 1.82) is 0 Å². The molecule has 0 spiro atoms. The van der Waals surface area contributed by atoms with Crippen LogP contribution in [0.15, 0.2) is 41.8 Å². The van der Waals surface area contributed by atoms with Crippen molar-refractivity contribution in [2.45, 2.75) is 20.4 Å². The largest absolute Gasteiger partial charge is 0.380 e. The number of amides is 1. The Kier molecular flexibility index (Phi) is 5.18. The first-order chi connectivity index (χ1) is 9.74. The summed E-state index contributed by atoms with van der Waals surface area (Å²) in [6.45, 7) is 6.27. The van der Waals surface area contributed by atoms with Gasteiger partial charge in [-0.2, -0.15) is 0 Å². The Balaban J connectivity index is 2.05. The van der Waals surface area contributed by atoms with E-state index in [2.05, 4.69) is 16.8 Å². The lowest BCUT2D eigenvalue weighted by Gasteiger charge is -2.19. The molecule has 4 heteroatoms. The zero-order valence-corrected chi connectivity index (χ0v) is 12.7. The van der Waals surface area contributed by atoms with E-state index in [1.807, 2.05) is 49.1 Å². The van der Waals surface area contributed by atoms with E-state index in [-0.39, 0.29) is 5.91 Å². The maximum absolute atomic E-state index is 12.3. The molecule has 3 nitrogen and oxygen atoms in total. The molecule has 2 rings (SSSR count). The maximum atomic E-state index is 12.3. The molecule has 0 aliphatic heterocycles. The van der Waals surface area contributed by atoms with Crippen molar-refractivity contribution in [3.05, 3.63) is 52.2 Å². The number of carbonyl (C=O) groups excluding carboxylic acids is 1. The van der Waals surface area contributed by atoms with E-state index >= 15 is 0 Å². The number of rotatable bonds is 6. The van der Waals surface area contributed by atoms with Crippen LogP contribution in [0.25, 0.3) is 0 Å². The van der Waals surface area contributed by atoms with Gasteiger partial charge in [0, 0.05) is 35.8 Å². The first-order valence-electron chi connectivity index (χ1n) is 6.90. The van der Waals surface area contributed by atoms with E-state index in [1.54, 1.807) is 11.3 Å². The highest BCUT2D eigenvalue weighted by Crippen LogP contribution is 2.15. The maximum Gasteiger partial charge on any atom is 0.253 e. The van der Waals surface area contributed by atoms with E-state index in [9.17, 15) is 4.79 Å². The Hall–Kier alpha value is -1.81. The van der Waals surface area contributed by atoms with Crippen LogP contribution in [0.1, 0.15) is 29.1 Å². The van der Waals surface area contributed by atoms with E-state index < -0.39 is 0 Å². The molecule has 0 bridgehead atoms. The summed E-state index contributed by atoms with van der Waals surface area (Å²) in [5, 5.41) is 5.42. The van der Waals surface area contributed by atoms with Crippen LogP contribution >= 0.6 is 11.3 Å². The van der Waals surface area contributed by atoms with Crippen LogP contribution in [0.3, 0.4) is 0 Å². The SMILES string of the molecule is CCN(CC)C(=O)c1cccc(NCc2cccs2)c1. The molecule has 1 heterocycles. The molecule has 0 aliphatic carbocycles. The van der Waals surface area contributed by atoms with E-state index in [4.69, 9.17) is 0 Å². The summed E-state index contributed by atoms with van der Waals surface area (Å²) < 4.78 is 0. The minimum absolute atomic E-state index is 0.0924. The predicted molar refractivity (Wildman–Crippen MR) is 85.3 cm³/mol. The van der Waals surface area contributed by atoms with Gasteiger partial charge in [0.15, 0.2) is 0 Å². The average molecular weight is 288 g/mol. The molecule has 20 heavy (non-hydrogen) atoms. The van der Waals surface area contributed by atoms with Gasteiger partial charge in [0.2, 0.25) is 0 Å². The number of thiophene rings is 1. The third-order valence-electron chi connectivity index (χ3n) is 3.21. The molecule has 2 aromatic rings. The van der Waals surface area contributed by atoms with Crippen LogP contribution in [0.2, 0.25) is 0 Å². The standard InChI is InChI=1S/C16H20N2OS/c1-3-18(4-2)16(19)13-7-5-8-14(11-13)17-12-15-9-6-10-20-15/h5-11,17H,3-4,12H2,1-2H3. The van der Waals surface area contributed by atoms with Crippen LogP contribution in [-0.4, -0.2) is 23.9 Å². The zero-order chi connectivity index (χ0) is 14.4. The summed E-state index contributed by atoms with van der Waals surface area (Å²) in [6, 6.07) is 11.9. The Morgan fingerprint density at radius 3 is 2.65 bits per heavy atom. The van der Waals surface area contributed by atoms with Gasteiger partial charge in [-0.25, -0.2) is 0 Å². The first-order valence-corrected chi connectivity index (χ1v) is 7.78. The van der Waals surface area contributed by atoms with Crippen LogP contribution < -0.4 is 5.32 Å². The van der Waals surface area contributed by atoms with Crippen molar-refractivity contribution in [3.8, 4) is 0 Å². The first kappa shape index (κ1) is 14.6. The van der Waals surface area contributed by atoms with Crippen molar-refractivity contribution in [2.75, 3.05) is 18.4 Å². The Labute approximate surface area is 124 Å². The number of benzene rings is 1. The summed E-state index contributed by atoms with van der Waals surface area (Å²) in [5.41, 5.74) is 1.72. The van der Waals surface area contributed by atoms with Crippen molar-refractivity contribution in [2.24, 2.45) is 0 Å². The van der Waals surface area contributed by atoms with Crippen LogP contribution in [-0.2, 0) is 6.54 Å². The van der Waals surface area contributed by atoms with Gasteiger partial charge in [0.05, 0.1) is 0 Å². The third-order valence-corrected chi connectivity index (χ3v) is 4.08. The molecular formula is C16H20N2OS. The van der Waals surface area contributed by atoms with E-state index in [0.29, 0.717) is 0 Å². The number of nitrogens with zero attached hydrogens (tertiary/aromatic N) is 1. The molecule has 0 fully saturated rings. The van der Waals surface area contributed by atoms with Crippen molar-refractivity contribution < 1.29 is 4.79 Å². The molecule has 106 valence electrons. The Morgan fingerprint density at radius 1 is 1.20 bits per heavy atom. The van der Waals surface area contributed by atoms with Gasteiger partial charge >= 0.3 is 0 Å². The lowest BCUT2D eigenvalue weighted by Crippen LogP contribution is -2.30. The lowest BCUT2D eigenvalue weighted by molar-refractivity contribution is 0.0773. The van der Waals surface area contributed by atoms with Gasteiger partial charge in [-0.15, -0.1) is 11.3 Å². The molecule has 0 radical (unpaired) electrons. The monoisotopic (exact) mass is 288 g/mol. The van der Waals surface area contributed by atoms with Gasteiger partial charge in [-0.1, -0.05) is 12.1 Å². The number of hydrogen-bond acceptors (Lipinski definition) is 3. The van der Waals surface area contributed by atoms with Gasteiger partial charge in [-0.3, -0.25) is 4.79 Å². The molecule has 1 N–H and O–H groups in total. The zero-order valence-electron chi connectivity index (χ0n) is 11.9. The lowest BCUT2D eigenvalue weighted by atomic mass is 10.1. The van der Waals surface area contributed by atoms with Crippen molar-refractivity contribution >= 4 is 22.9 Å². The van der Waals surface area contributed by atoms with E-state index in [0.717, 1.165) is 30.9 Å². The summed E-state index contributed by atoms with van der Waals surface area (Å²) in [7, 11) is 0.